The van der Waals surface area contributed by atoms with Gasteiger partial charge < -0.3 is 14.3 Å². The smallest absolute Gasteiger partial charge is 0.274 e. The molecule has 0 bridgehead atoms. The van der Waals surface area contributed by atoms with Crippen LogP contribution in [0.25, 0.3) is 0 Å². The van der Waals surface area contributed by atoms with Gasteiger partial charge >= 0.3 is 0 Å². The van der Waals surface area contributed by atoms with Crippen molar-refractivity contribution in [2.45, 2.75) is 43.5 Å². The monoisotopic (exact) mass is 289 g/mol. The highest BCUT2D eigenvalue weighted by Gasteiger charge is 2.19. The van der Waals surface area contributed by atoms with Crippen molar-refractivity contribution in [3.05, 3.63) is 17.9 Å². The lowest BCUT2D eigenvalue weighted by atomic mass is 10.3. The van der Waals surface area contributed by atoms with Crippen molar-refractivity contribution in [3.63, 3.8) is 0 Å². The third-order valence-electron chi connectivity index (χ3n) is 3.11. The van der Waals surface area contributed by atoms with Gasteiger partial charge in [-0.05, 0) is 25.0 Å². The van der Waals surface area contributed by atoms with Crippen molar-refractivity contribution in [2.75, 3.05) is 13.2 Å². The first kappa shape index (κ1) is 14.5. The van der Waals surface area contributed by atoms with Crippen LogP contribution in [-0.2, 0) is 21.4 Å². The van der Waals surface area contributed by atoms with Crippen LogP contribution in [0, 0.1) is 0 Å². The van der Waals surface area contributed by atoms with Gasteiger partial charge in [0, 0.05) is 6.54 Å². The molecule has 1 heterocycles. The van der Waals surface area contributed by atoms with Crippen LogP contribution in [0.4, 0.5) is 0 Å². The number of sulfonamides is 1. The quantitative estimate of drug-likeness (QED) is 0.731. The van der Waals surface area contributed by atoms with Crippen LogP contribution in [0.2, 0.25) is 0 Å². The second-order valence-electron chi connectivity index (χ2n) is 4.55. The lowest BCUT2D eigenvalue weighted by Crippen LogP contribution is -2.28. The zero-order valence-electron chi connectivity index (χ0n) is 10.7. The number of nitrogens with one attached hydrogen (secondary N) is 1. The van der Waals surface area contributed by atoms with E-state index in [1.165, 1.54) is 25.0 Å². The summed E-state index contributed by atoms with van der Waals surface area (Å²) in [6.45, 7) is 0.256. The molecule has 2 rings (SSSR count). The minimum atomic E-state index is -3.65. The van der Waals surface area contributed by atoms with Gasteiger partial charge in [0.05, 0.1) is 12.7 Å². The Labute approximate surface area is 112 Å². The molecule has 1 aromatic heterocycles. The van der Waals surface area contributed by atoms with Gasteiger partial charge in [-0.2, -0.15) is 0 Å². The van der Waals surface area contributed by atoms with E-state index in [1.54, 1.807) is 0 Å². The Hall–Kier alpha value is -0.890. The topological polar surface area (TPSA) is 88.8 Å². The highest BCUT2D eigenvalue weighted by Crippen LogP contribution is 2.20. The Bertz CT molecular complexity index is 490. The third kappa shape index (κ3) is 4.04. The molecule has 1 fully saturated rings. The van der Waals surface area contributed by atoms with Gasteiger partial charge in [-0.3, -0.25) is 0 Å². The molecule has 0 spiro atoms. The molecule has 1 aromatic rings. The molecule has 6 nitrogen and oxygen atoms in total. The lowest BCUT2D eigenvalue weighted by molar-refractivity contribution is 0.0626. The van der Waals surface area contributed by atoms with Crippen LogP contribution < -0.4 is 4.72 Å². The van der Waals surface area contributed by atoms with Gasteiger partial charge in [0.1, 0.15) is 12.4 Å². The first-order valence-electron chi connectivity index (χ1n) is 6.42. The van der Waals surface area contributed by atoms with E-state index in [4.69, 9.17) is 14.3 Å². The third-order valence-corrected chi connectivity index (χ3v) is 4.44. The maximum absolute atomic E-state index is 11.8. The molecule has 2 N–H and O–H groups in total. The van der Waals surface area contributed by atoms with Crippen molar-refractivity contribution in [1.82, 2.24) is 4.72 Å². The minimum Gasteiger partial charge on any atom is -0.446 e. The number of hydrogen-bond donors (Lipinski definition) is 2. The molecule has 19 heavy (non-hydrogen) atoms. The molecule has 7 heteroatoms. The molecule has 0 aromatic carbocycles. The SMILES string of the molecule is O=S(=O)(NCCOC1CCCC1)c1ccc(CO)o1. The van der Waals surface area contributed by atoms with E-state index in [2.05, 4.69) is 4.72 Å². The van der Waals surface area contributed by atoms with E-state index < -0.39 is 10.0 Å². The summed E-state index contributed by atoms with van der Waals surface area (Å²) in [5.41, 5.74) is 0. The molecule has 1 aliphatic carbocycles. The molecular weight excluding hydrogens is 270 g/mol. The summed E-state index contributed by atoms with van der Waals surface area (Å²) in [5, 5.41) is 8.64. The van der Waals surface area contributed by atoms with Gasteiger partial charge in [0.15, 0.2) is 0 Å². The molecule has 1 saturated carbocycles. The lowest BCUT2D eigenvalue weighted by Gasteiger charge is -2.11. The van der Waals surface area contributed by atoms with Crippen LogP contribution in [0.15, 0.2) is 21.6 Å². The molecule has 0 unspecified atom stereocenters. The summed E-state index contributed by atoms with van der Waals surface area (Å²) in [4.78, 5) is 0. The number of hydrogen-bond acceptors (Lipinski definition) is 5. The zero-order chi connectivity index (χ0) is 13.7. The van der Waals surface area contributed by atoms with E-state index in [9.17, 15) is 8.42 Å². The van der Waals surface area contributed by atoms with Crippen molar-refractivity contribution in [3.8, 4) is 0 Å². The van der Waals surface area contributed by atoms with Gasteiger partial charge in [-0.25, -0.2) is 13.1 Å². The molecule has 0 saturated heterocycles. The fourth-order valence-corrected chi connectivity index (χ4v) is 3.07. The Morgan fingerprint density at radius 1 is 1.37 bits per heavy atom. The predicted octanol–water partition coefficient (Wildman–Crippen LogP) is 1.01. The Morgan fingerprint density at radius 3 is 2.74 bits per heavy atom. The van der Waals surface area contributed by atoms with Crippen LogP contribution in [-0.4, -0.2) is 32.8 Å². The maximum atomic E-state index is 11.8. The van der Waals surface area contributed by atoms with Gasteiger partial charge in [0.2, 0.25) is 5.09 Å². The van der Waals surface area contributed by atoms with E-state index in [0.717, 1.165) is 12.8 Å². The van der Waals surface area contributed by atoms with E-state index >= 15 is 0 Å². The number of ether oxygens (including phenoxy) is 1. The maximum Gasteiger partial charge on any atom is 0.274 e. The molecular formula is C12H19NO5S. The minimum absolute atomic E-state index is 0.183. The molecule has 108 valence electrons. The highest BCUT2D eigenvalue weighted by molar-refractivity contribution is 7.89. The number of furan rings is 1. The number of aliphatic hydroxyl groups excluding tert-OH is 1. The second-order valence-corrected chi connectivity index (χ2v) is 6.25. The van der Waals surface area contributed by atoms with Crippen molar-refractivity contribution < 1.29 is 22.7 Å². The van der Waals surface area contributed by atoms with E-state index in [0.29, 0.717) is 6.61 Å². The van der Waals surface area contributed by atoms with Crippen LogP contribution in [0.1, 0.15) is 31.4 Å². The number of aliphatic hydroxyl groups is 1. The Kier molecular flexibility index (Phi) is 4.98. The molecule has 0 atom stereocenters. The summed E-state index contributed by atoms with van der Waals surface area (Å²) in [7, 11) is -3.65. The van der Waals surface area contributed by atoms with Crippen LogP contribution in [0.3, 0.4) is 0 Å². The molecule has 0 amide bonds. The normalized spacial score (nSPS) is 17.1. The first-order chi connectivity index (χ1) is 9.12. The van der Waals surface area contributed by atoms with Crippen LogP contribution in [0.5, 0.6) is 0 Å². The molecule has 1 aliphatic rings. The van der Waals surface area contributed by atoms with Crippen LogP contribution >= 0.6 is 0 Å². The Balaban J connectivity index is 1.77. The fourth-order valence-electron chi connectivity index (χ4n) is 2.12. The fraction of sp³-hybridized carbons (Fsp3) is 0.667. The average Bonchev–Trinajstić information content (AvgIpc) is 3.05. The van der Waals surface area contributed by atoms with Gasteiger partial charge in [-0.1, -0.05) is 12.8 Å². The Morgan fingerprint density at radius 2 is 2.11 bits per heavy atom. The molecule has 0 radical (unpaired) electrons. The van der Waals surface area contributed by atoms with Crippen molar-refractivity contribution >= 4 is 10.0 Å². The summed E-state index contributed by atoms with van der Waals surface area (Å²) in [6.07, 6.45) is 4.77. The average molecular weight is 289 g/mol. The highest BCUT2D eigenvalue weighted by atomic mass is 32.2. The summed E-state index contributed by atoms with van der Waals surface area (Å²) in [5.74, 6) is 0.225. The van der Waals surface area contributed by atoms with Gasteiger partial charge in [0.25, 0.3) is 10.0 Å². The first-order valence-corrected chi connectivity index (χ1v) is 7.91. The van der Waals surface area contributed by atoms with E-state index in [1.807, 2.05) is 0 Å². The largest absolute Gasteiger partial charge is 0.446 e. The van der Waals surface area contributed by atoms with E-state index in [-0.39, 0.29) is 30.1 Å². The summed E-state index contributed by atoms with van der Waals surface area (Å²) >= 11 is 0. The molecule has 0 aliphatic heterocycles. The second kappa shape index (κ2) is 6.51. The van der Waals surface area contributed by atoms with Gasteiger partial charge in [-0.15, -0.1) is 0 Å². The standard InChI is InChI=1S/C12H19NO5S/c14-9-11-5-6-12(18-11)19(15,16)13-7-8-17-10-3-1-2-4-10/h5-6,10,13-14H,1-4,7-9H2. The predicted molar refractivity (Wildman–Crippen MR) is 68.0 cm³/mol. The van der Waals surface area contributed by atoms with Crippen molar-refractivity contribution in [1.29, 1.82) is 0 Å². The van der Waals surface area contributed by atoms with Crippen molar-refractivity contribution in [2.24, 2.45) is 0 Å². The summed E-state index contributed by atoms with van der Waals surface area (Å²) < 4.78 is 36.6. The number of rotatable bonds is 7. The summed E-state index contributed by atoms with van der Waals surface area (Å²) in [6, 6.07) is 2.76. The zero-order valence-corrected chi connectivity index (χ0v) is 11.5.